The third kappa shape index (κ3) is 9.48. The van der Waals surface area contributed by atoms with Gasteiger partial charge < -0.3 is 38.5 Å². The van der Waals surface area contributed by atoms with E-state index in [1.807, 2.05) is 0 Å². The molecule has 1 aliphatic heterocycles. The van der Waals surface area contributed by atoms with E-state index < -0.39 is 85.2 Å². The lowest BCUT2D eigenvalue weighted by molar-refractivity contribution is -0.309. The Morgan fingerprint density at radius 3 is 1.77 bits per heavy atom. The van der Waals surface area contributed by atoms with E-state index >= 15 is 0 Å². The highest BCUT2D eigenvalue weighted by Gasteiger charge is 2.55. The Labute approximate surface area is 201 Å². The maximum Gasteiger partial charge on any atom is 0.331 e. The third-order valence-electron chi connectivity index (χ3n) is 4.61. The number of rotatable bonds is 10. The molecule has 1 fully saturated rings. The maximum atomic E-state index is 12.0. The molecule has 0 aliphatic carbocycles. The lowest BCUT2D eigenvalue weighted by Gasteiger charge is -2.47. The molecule has 14 heteroatoms. The molecule has 1 rings (SSSR count). The summed E-state index contributed by atoms with van der Waals surface area (Å²) in [7, 11) is 1.12. The van der Waals surface area contributed by atoms with Crippen LogP contribution in [0.25, 0.3) is 0 Å². The van der Waals surface area contributed by atoms with Crippen LogP contribution in [-0.4, -0.2) is 92.3 Å². The number of methoxy groups -OCH3 is 1. The Kier molecular flexibility index (Phi) is 11.6. The monoisotopic (exact) mass is 505 g/mol. The van der Waals surface area contributed by atoms with Crippen LogP contribution >= 0.6 is 0 Å². The number of nitrogens with one attached hydrogen (secondary N) is 1. The first-order valence-electron chi connectivity index (χ1n) is 10.6. The Morgan fingerprint density at radius 2 is 1.31 bits per heavy atom. The van der Waals surface area contributed by atoms with Gasteiger partial charge in [0.05, 0.1) is 13.2 Å². The van der Waals surface area contributed by atoms with Crippen molar-refractivity contribution in [2.45, 2.75) is 84.4 Å². The minimum atomic E-state index is -1.56. The molecule has 1 N–H and O–H groups in total. The van der Waals surface area contributed by atoms with Crippen LogP contribution < -0.4 is 5.32 Å². The molecule has 1 heterocycles. The zero-order valence-electron chi connectivity index (χ0n) is 20.6. The standard InChI is InChI=1S/C21H31NO13/c1-9(31-11(3)24)16(22-10(2)23)17-18(32-12(4)25)19(33-13(5)26)20(34-14(6)27)21(35-17)30-8-15(28)29-7/h9,16-21H,8H2,1-7H3,(H,22,23)/t9-,16-,17-,18+,19+,20-,21-/m1/s1. The van der Waals surface area contributed by atoms with E-state index in [1.54, 1.807) is 0 Å². The highest BCUT2D eigenvalue weighted by molar-refractivity contribution is 5.74. The lowest BCUT2D eigenvalue weighted by Crippen LogP contribution is -2.68. The molecule has 1 saturated heterocycles. The molecule has 7 atom stereocenters. The first-order chi connectivity index (χ1) is 16.3. The predicted octanol–water partition coefficient (Wildman–Crippen LogP) is -0.848. The van der Waals surface area contributed by atoms with Gasteiger partial charge in [0.15, 0.2) is 24.6 Å². The molecule has 14 nitrogen and oxygen atoms in total. The van der Waals surface area contributed by atoms with Gasteiger partial charge in [-0.2, -0.15) is 0 Å². The summed E-state index contributed by atoms with van der Waals surface area (Å²) >= 11 is 0. The number of amides is 1. The van der Waals surface area contributed by atoms with Crippen LogP contribution in [0.2, 0.25) is 0 Å². The van der Waals surface area contributed by atoms with Crippen LogP contribution in [0.5, 0.6) is 0 Å². The molecule has 0 aromatic rings. The molecule has 0 aromatic heterocycles. The van der Waals surface area contributed by atoms with Crippen molar-refractivity contribution < 1.29 is 61.9 Å². The fourth-order valence-electron chi connectivity index (χ4n) is 3.47. The number of carbonyl (C=O) groups excluding carboxylic acids is 6. The maximum absolute atomic E-state index is 12.0. The van der Waals surface area contributed by atoms with Crippen molar-refractivity contribution in [3.63, 3.8) is 0 Å². The van der Waals surface area contributed by atoms with Crippen molar-refractivity contribution in [3.05, 3.63) is 0 Å². The van der Waals surface area contributed by atoms with Gasteiger partial charge in [0, 0.05) is 34.6 Å². The van der Waals surface area contributed by atoms with Gasteiger partial charge in [-0.3, -0.25) is 24.0 Å². The number of carbonyl (C=O) groups is 6. The number of esters is 5. The van der Waals surface area contributed by atoms with Crippen molar-refractivity contribution in [1.29, 1.82) is 0 Å². The minimum Gasteiger partial charge on any atom is -0.467 e. The molecule has 198 valence electrons. The van der Waals surface area contributed by atoms with Gasteiger partial charge in [-0.05, 0) is 6.92 Å². The fourth-order valence-corrected chi connectivity index (χ4v) is 3.47. The number of hydrogen-bond acceptors (Lipinski definition) is 13. The Hall–Kier alpha value is -3.26. The van der Waals surface area contributed by atoms with Gasteiger partial charge in [0.1, 0.15) is 18.8 Å². The second-order valence-corrected chi connectivity index (χ2v) is 7.62. The second kappa shape index (κ2) is 13.6. The van der Waals surface area contributed by atoms with Crippen LogP contribution in [0, 0.1) is 0 Å². The molecular weight excluding hydrogens is 474 g/mol. The Morgan fingerprint density at radius 1 is 0.800 bits per heavy atom. The summed E-state index contributed by atoms with van der Waals surface area (Å²) in [5.41, 5.74) is 0. The van der Waals surface area contributed by atoms with E-state index in [9.17, 15) is 28.8 Å². The van der Waals surface area contributed by atoms with Crippen LogP contribution in [0.15, 0.2) is 0 Å². The van der Waals surface area contributed by atoms with Crippen LogP contribution in [0.1, 0.15) is 41.5 Å². The average Bonchev–Trinajstić information content (AvgIpc) is 2.71. The molecule has 0 spiro atoms. The quantitative estimate of drug-likeness (QED) is 0.287. The van der Waals surface area contributed by atoms with E-state index in [4.69, 9.17) is 28.4 Å². The predicted molar refractivity (Wildman–Crippen MR) is 112 cm³/mol. The Bertz CT molecular complexity index is 813. The van der Waals surface area contributed by atoms with Crippen molar-refractivity contribution in [3.8, 4) is 0 Å². The zero-order valence-corrected chi connectivity index (χ0v) is 20.6. The molecule has 1 amide bonds. The van der Waals surface area contributed by atoms with Crippen molar-refractivity contribution in [1.82, 2.24) is 5.32 Å². The van der Waals surface area contributed by atoms with Gasteiger partial charge in [0.2, 0.25) is 5.91 Å². The highest BCUT2D eigenvalue weighted by atomic mass is 16.7. The zero-order chi connectivity index (χ0) is 26.9. The van der Waals surface area contributed by atoms with Crippen LogP contribution in [-0.2, 0) is 61.9 Å². The van der Waals surface area contributed by atoms with E-state index in [2.05, 4.69) is 10.1 Å². The molecule has 0 radical (unpaired) electrons. The lowest BCUT2D eigenvalue weighted by atomic mass is 9.90. The topological polar surface area (TPSA) is 179 Å². The first kappa shape index (κ1) is 29.8. The summed E-state index contributed by atoms with van der Waals surface area (Å²) in [6, 6.07) is -1.17. The highest BCUT2D eigenvalue weighted by Crippen LogP contribution is 2.32. The number of ether oxygens (including phenoxy) is 7. The Balaban J connectivity index is 3.61. The molecule has 0 aromatic carbocycles. The van der Waals surface area contributed by atoms with E-state index in [0.29, 0.717) is 0 Å². The molecule has 35 heavy (non-hydrogen) atoms. The largest absolute Gasteiger partial charge is 0.467 e. The average molecular weight is 505 g/mol. The van der Waals surface area contributed by atoms with Gasteiger partial charge in [0.25, 0.3) is 0 Å². The molecule has 0 bridgehead atoms. The summed E-state index contributed by atoms with van der Waals surface area (Å²) in [5.74, 6) is -4.52. The summed E-state index contributed by atoms with van der Waals surface area (Å²) in [6.07, 6.45) is -8.42. The van der Waals surface area contributed by atoms with Crippen LogP contribution in [0.4, 0.5) is 0 Å². The fraction of sp³-hybridized carbons (Fsp3) is 0.714. The SMILES string of the molecule is COC(=O)CO[C@@H]1O[C@H]([C@H](NC(C)=O)[C@@H](C)OC(C)=O)[C@H](OC(C)=O)[C@H](OC(C)=O)[C@H]1OC(C)=O. The van der Waals surface area contributed by atoms with E-state index in [-0.39, 0.29) is 0 Å². The number of hydrogen-bond donors (Lipinski definition) is 1. The molecular formula is C21H31NO13. The van der Waals surface area contributed by atoms with Crippen molar-refractivity contribution in [2.75, 3.05) is 13.7 Å². The van der Waals surface area contributed by atoms with Gasteiger partial charge in [-0.25, -0.2) is 4.79 Å². The summed E-state index contributed by atoms with van der Waals surface area (Å²) in [5, 5.41) is 2.56. The molecule has 1 aliphatic rings. The van der Waals surface area contributed by atoms with Crippen LogP contribution in [0.3, 0.4) is 0 Å². The molecule has 0 unspecified atom stereocenters. The first-order valence-corrected chi connectivity index (χ1v) is 10.6. The normalized spacial score (nSPS) is 25.3. The van der Waals surface area contributed by atoms with Gasteiger partial charge >= 0.3 is 29.8 Å². The van der Waals surface area contributed by atoms with Gasteiger partial charge in [-0.1, -0.05) is 0 Å². The van der Waals surface area contributed by atoms with Crippen molar-refractivity contribution >= 4 is 35.8 Å². The smallest absolute Gasteiger partial charge is 0.331 e. The second-order valence-electron chi connectivity index (χ2n) is 7.62. The summed E-state index contributed by atoms with van der Waals surface area (Å²) in [6.45, 7) is 6.34. The summed E-state index contributed by atoms with van der Waals surface area (Å²) < 4.78 is 37.0. The minimum absolute atomic E-state index is 0.558. The van der Waals surface area contributed by atoms with Gasteiger partial charge in [-0.15, -0.1) is 0 Å². The van der Waals surface area contributed by atoms with E-state index in [0.717, 1.165) is 34.8 Å². The van der Waals surface area contributed by atoms with E-state index in [1.165, 1.54) is 13.8 Å². The molecule has 0 saturated carbocycles. The summed E-state index contributed by atoms with van der Waals surface area (Å²) in [4.78, 5) is 70.9. The third-order valence-corrected chi connectivity index (χ3v) is 4.61. The van der Waals surface area contributed by atoms with Crippen molar-refractivity contribution in [2.24, 2.45) is 0 Å².